The first-order valence-corrected chi connectivity index (χ1v) is 11.8. The van der Waals surface area contributed by atoms with Crippen LogP contribution < -0.4 is 4.90 Å². The molecule has 33 heavy (non-hydrogen) atoms. The Morgan fingerprint density at radius 3 is 2.45 bits per heavy atom. The number of rotatable bonds is 5. The van der Waals surface area contributed by atoms with E-state index in [1.165, 1.54) is 6.42 Å². The zero-order valence-corrected chi connectivity index (χ0v) is 19.2. The van der Waals surface area contributed by atoms with Crippen LogP contribution in [0, 0.1) is 0 Å². The van der Waals surface area contributed by atoms with E-state index in [4.69, 9.17) is 9.84 Å². The summed E-state index contributed by atoms with van der Waals surface area (Å²) < 4.78 is 7.41. The SMILES string of the molecule is CC(C)c1nn(C2CCCCC2)c2nc(C(=O)O)cc(-c3cnc(N4CCOCC4)nc3)c12. The van der Waals surface area contributed by atoms with Gasteiger partial charge >= 0.3 is 5.97 Å². The molecule has 2 aliphatic rings. The van der Waals surface area contributed by atoms with E-state index >= 15 is 0 Å². The highest BCUT2D eigenvalue weighted by atomic mass is 16.5. The smallest absolute Gasteiger partial charge is 0.354 e. The van der Waals surface area contributed by atoms with Gasteiger partial charge in [-0.1, -0.05) is 33.1 Å². The Hall–Kier alpha value is -3.07. The average Bonchev–Trinajstić information content (AvgIpc) is 3.25. The van der Waals surface area contributed by atoms with Crippen molar-refractivity contribution in [3.05, 3.63) is 29.8 Å². The monoisotopic (exact) mass is 450 g/mol. The predicted octanol–water partition coefficient (Wildman–Crippen LogP) is 4.05. The molecular weight excluding hydrogens is 420 g/mol. The number of anilines is 1. The zero-order valence-electron chi connectivity index (χ0n) is 19.2. The van der Waals surface area contributed by atoms with Crippen LogP contribution in [0.15, 0.2) is 18.5 Å². The molecule has 1 aliphatic carbocycles. The molecule has 0 unspecified atom stereocenters. The summed E-state index contributed by atoms with van der Waals surface area (Å²) >= 11 is 0. The Morgan fingerprint density at radius 2 is 1.82 bits per heavy atom. The molecule has 0 atom stereocenters. The maximum Gasteiger partial charge on any atom is 0.354 e. The summed E-state index contributed by atoms with van der Waals surface area (Å²) in [6, 6.07) is 1.88. The molecule has 3 aromatic rings. The normalized spacial score (nSPS) is 17.7. The van der Waals surface area contributed by atoms with Crippen molar-refractivity contribution in [2.24, 2.45) is 0 Å². The average molecular weight is 451 g/mol. The van der Waals surface area contributed by atoms with Gasteiger partial charge in [-0.05, 0) is 24.8 Å². The van der Waals surface area contributed by atoms with Crippen molar-refractivity contribution < 1.29 is 14.6 Å². The largest absolute Gasteiger partial charge is 0.477 e. The molecule has 1 N–H and O–H groups in total. The molecule has 5 rings (SSSR count). The summed E-state index contributed by atoms with van der Waals surface area (Å²) in [5, 5.41) is 15.7. The second-order valence-electron chi connectivity index (χ2n) is 9.21. The molecule has 1 saturated heterocycles. The van der Waals surface area contributed by atoms with Crippen molar-refractivity contribution in [1.82, 2.24) is 24.7 Å². The zero-order chi connectivity index (χ0) is 22.9. The number of ether oxygens (including phenoxy) is 1. The fourth-order valence-electron chi connectivity index (χ4n) is 4.87. The minimum atomic E-state index is -1.05. The van der Waals surface area contributed by atoms with Crippen LogP contribution in [0.5, 0.6) is 0 Å². The number of carboxylic acid groups (broad SMARTS) is 1. The highest BCUT2D eigenvalue weighted by molar-refractivity contribution is 5.99. The Balaban J connectivity index is 1.65. The maximum absolute atomic E-state index is 12.0. The molecule has 2 fully saturated rings. The van der Waals surface area contributed by atoms with Crippen molar-refractivity contribution in [3.8, 4) is 11.1 Å². The van der Waals surface area contributed by atoms with Crippen LogP contribution in [0.3, 0.4) is 0 Å². The second-order valence-corrected chi connectivity index (χ2v) is 9.21. The Morgan fingerprint density at radius 1 is 1.12 bits per heavy atom. The minimum absolute atomic E-state index is 0.0158. The molecule has 0 spiro atoms. The molecular formula is C24H30N6O3. The molecule has 0 bridgehead atoms. The first-order valence-electron chi connectivity index (χ1n) is 11.8. The summed E-state index contributed by atoms with van der Waals surface area (Å²) in [5.41, 5.74) is 3.15. The molecule has 9 nitrogen and oxygen atoms in total. The van der Waals surface area contributed by atoms with Crippen LogP contribution in [-0.4, -0.2) is 62.1 Å². The van der Waals surface area contributed by atoms with Gasteiger partial charge in [0, 0.05) is 36.6 Å². The van der Waals surface area contributed by atoms with Gasteiger partial charge in [-0.3, -0.25) is 0 Å². The van der Waals surface area contributed by atoms with Crippen LogP contribution in [0.4, 0.5) is 5.95 Å². The number of aromatic carboxylic acids is 1. The molecule has 174 valence electrons. The molecule has 0 aromatic carbocycles. The topological polar surface area (TPSA) is 106 Å². The number of hydrogen-bond donors (Lipinski definition) is 1. The van der Waals surface area contributed by atoms with Gasteiger partial charge in [0.2, 0.25) is 5.95 Å². The van der Waals surface area contributed by atoms with E-state index in [1.54, 1.807) is 18.5 Å². The maximum atomic E-state index is 12.0. The summed E-state index contributed by atoms with van der Waals surface area (Å²) in [7, 11) is 0. The third kappa shape index (κ3) is 4.17. The van der Waals surface area contributed by atoms with Gasteiger partial charge in [-0.2, -0.15) is 5.10 Å². The number of pyridine rings is 1. The number of nitrogens with zero attached hydrogens (tertiary/aromatic N) is 6. The van der Waals surface area contributed by atoms with E-state index in [0.717, 1.165) is 61.0 Å². The molecule has 1 aliphatic heterocycles. The number of carboxylic acids is 1. The lowest BCUT2D eigenvalue weighted by molar-refractivity contribution is 0.0691. The van der Waals surface area contributed by atoms with Crippen LogP contribution in [0.1, 0.15) is 74.1 Å². The fourth-order valence-corrected chi connectivity index (χ4v) is 4.87. The molecule has 3 aromatic heterocycles. The van der Waals surface area contributed by atoms with Crippen LogP contribution in [0.25, 0.3) is 22.2 Å². The standard InChI is InChI=1S/C24H30N6O3/c1-15(2)21-20-18(16-13-25-24(26-14-16)29-8-10-33-11-9-29)12-19(23(31)32)27-22(20)30(28-21)17-6-4-3-5-7-17/h12-15,17H,3-11H2,1-2H3,(H,31,32). The molecule has 0 radical (unpaired) electrons. The van der Waals surface area contributed by atoms with Crippen LogP contribution in [-0.2, 0) is 4.74 Å². The minimum Gasteiger partial charge on any atom is -0.477 e. The Kier molecular flexibility index (Phi) is 5.97. The lowest BCUT2D eigenvalue weighted by Gasteiger charge is -2.26. The number of aromatic nitrogens is 5. The van der Waals surface area contributed by atoms with Gasteiger partial charge in [0.05, 0.1) is 30.3 Å². The van der Waals surface area contributed by atoms with Crippen molar-refractivity contribution in [2.75, 3.05) is 31.2 Å². The lowest BCUT2D eigenvalue weighted by Crippen LogP contribution is -2.37. The first kappa shape index (κ1) is 21.8. The van der Waals surface area contributed by atoms with E-state index in [0.29, 0.717) is 24.8 Å². The molecule has 9 heteroatoms. The van der Waals surface area contributed by atoms with E-state index < -0.39 is 5.97 Å². The van der Waals surface area contributed by atoms with Crippen LogP contribution in [0.2, 0.25) is 0 Å². The van der Waals surface area contributed by atoms with Gasteiger partial charge in [-0.25, -0.2) is 24.4 Å². The Labute approximate surface area is 192 Å². The third-order valence-corrected chi connectivity index (χ3v) is 6.62. The van der Waals surface area contributed by atoms with Gasteiger partial charge in [0.25, 0.3) is 0 Å². The number of carbonyl (C=O) groups is 1. The van der Waals surface area contributed by atoms with E-state index in [-0.39, 0.29) is 17.7 Å². The van der Waals surface area contributed by atoms with Crippen molar-refractivity contribution >= 4 is 23.0 Å². The van der Waals surface area contributed by atoms with Crippen molar-refractivity contribution in [3.63, 3.8) is 0 Å². The number of hydrogen-bond acceptors (Lipinski definition) is 7. The number of fused-ring (bicyclic) bond motifs is 1. The number of morpholine rings is 1. The highest BCUT2D eigenvalue weighted by Gasteiger charge is 2.26. The highest BCUT2D eigenvalue weighted by Crippen LogP contribution is 2.38. The van der Waals surface area contributed by atoms with Gasteiger partial charge in [0.15, 0.2) is 11.3 Å². The third-order valence-electron chi connectivity index (χ3n) is 6.62. The van der Waals surface area contributed by atoms with Crippen molar-refractivity contribution in [1.29, 1.82) is 0 Å². The summed E-state index contributed by atoms with van der Waals surface area (Å²) in [6.45, 7) is 7.06. The van der Waals surface area contributed by atoms with Crippen LogP contribution >= 0.6 is 0 Å². The summed E-state index contributed by atoms with van der Waals surface area (Å²) in [6.07, 6.45) is 9.19. The van der Waals surface area contributed by atoms with E-state index in [2.05, 4.69) is 33.7 Å². The van der Waals surface area contributed by atoms with E-state index in [1.807, 2.05) is 4.68 Å². The fraction of sp³-hybridized carbons (Fsp3) is 0.542. The van der Waals surface area contributed by atoms with Gasteiger partial charge < -0.3 is 14.7 Å². The lowest BCUT2D eigenvalue weighted by atomic mass is 9.95. The van der Waals surface area contributed by atoms with E-state index in [9.17, 15) is 9.90 Å². The molecule has 0 amide bonds. The van der Waals surface area contributed by atoms with Crippen molar-refractivity contribution in [2.45, 2.75) is 57.9 Å². The second kappa shape index (κ2) is 9.05. The quantitative estimate of drug-likeness (QED) is 0.620. The first-order chi connectivity index (χ1) is 16.0. The van der Waals surface area contributed by atoms with Gasteiger partial charge in [-0.15, -0.1) is 0 Å². The van der Waals surface area contributed by atoms with Gasteiger partial charge in [0.1, 0.15) is 0 Å². The predicted molar refractivity (Wildman–Crippen MR) is 125 cm³/mol. The summed E-state index contributed by atoms with van der Waals surface area (Å²) in [5.74, 6) is -0.221. The summed E-state index contributed by atoms with van der Waals surface area (Å²) in [4.78, 5) is 27.8. The molecule has 1 saturated carbocycles. The Bertz CT molecular complexity index is 1150. The molecule has 4 heterocycles.